The molecule has 2 amide bonds. The van der Waals surface area contributed by atoms with Gasteiger partial charge in [-0.1, -0.05) is 13.8 Å². The smallest absolute Gasteiger partial charge is 0.258 e. The molecule has 1 aliphatic carbocycles. The topological polar surface area (TPSA) is 79.3 Å². The van der Waals surface area contributed by atoms with Crippen molar-refractivity contribution in [2.45, 2.75) is 25.9 Å². The van der Waals surface area contributed by atoms with Gasteiger partial charge in [-0.05, 0) is 36.3 Å². The highest BCUT2D eigenvalue weighted by molar-refractivity contribution is 6.21. The normalized spacial score (nSPS) is 26.5. The average Bonchev–Trinajstić information content (AvgIpc) is 3.29. The minimum absolute atomic E-state index is 0. The predicted molar refractivity (Wildman–Crippen MR) is 117 cm³/mol. The van der Waals surface area contributed by atoms with Gasteiger partial charge in [-0.3, -0.25) is 19.8 Å². The molecule has 1 aromatic carbocycles. The van der Waals surface area contributed by atoms with E-state index in [-0.39, 0.29) is 36.0 Å². The van der Waals surface area contributed by atoms with Crippen LogP contribution in [0.2, 0.25) is 0 Å². The largest absolute Gasteiger partial charge is 0.314 e. The number of benzene rings is 1. The number of piperazine rings is 1. The number of halogens is 2. The third-order valence-corrected chi connectivity index (χ3v) is 6.67. The minimum atomic E-state index is -0.798. The number of hydrogen-bond donors (Lipinski definition) is 2. The lowest BCUT2D eigenvalue weighted by atomic mass is 9.73. The van der Waals surface area contributed by atoms with Crippen LogP contribution in [0.4, 0.5) is 4.39 Å². The van der Waals surface area contributed by atoms with Gasteiger partial charge in [0.2, 0.25) is 0 Å². The molecule has 31 heavy (non-hydrogen) atoms. The summed E-state index contributed by atoms with van der Waals surface area (Å²) in [6.45, 7) is 7.12. The second-order valence-corrected chi connectivity index (χ2v) is 8.08. The lowest BCUT2D eigenvalue weighted by Gasteiger charge is -2.52. The van der Waals surface area contributed by atoms with Crippen molar-refractivity contribution in [2.24, 2.45) is 5.92 Å². The Balaban J connectivity index is 0.00000231. The quantitative estimate of drug-likeness (QED) is 0.707. The first-order valence-electron chi connectivity index (χ1n) is 10.4. The Morgan fingerprint density at radius 1 is 1.23 bits per heavy atom. The molecule has 164 valence electrons. The number of carbonyl (C=O) groups excluding carboxylic acids is 2. The number of aromatic nitrogens is 2. The van der Waals surface area contributed by atoms with Gasteiger partial charge in [0, 0.05) is 48.6 Å². The maximum absolute atomic E-state index is 14.2. The highest BCUT2D eigenvalue weighted by Gasteiger charge is 2.54. The van der Waals surface area contributed by atoms with E-state index in [0.29, 0.717) is 23.1 Å². The van der Waals surface area contributed by atoms with Gasteiger partial charge in [-0.2, -0.15) is 5.10 Å². The molecule has 5 rings (SSSR count). The third kappa shape index (κ3) is 2.96. The second kappa shape index (κ2) is 7.85. The number of nitrogens with zero attached hydrogens (tertiary/aromatic N) is 3. The predicted octanol–water partition coefficient (Wildman–Crippen LogP) is 2.09. The first-order chi connectivity index (χ1) is 14.5. The van der Waals surface area contributed by atoms with Crippen LogP contribution in [0.1, 0.15) is 20.3 Å². The molecular formula is C22H25ClFN5O2. The lowest BCUT2D eigenvalue weighted by molar-refractivity contribution is -0.124. The number of nitrogens with one attached hydrogen (secondary N) is 2. The van der Waals surface area contributed by atoms with E-state index < -0.39 is 5.66 Å². The van der Waals surface area contributed by atoms with Crippen LogP contribution in [0.15, 0.2) is 47.2 Å². The highest BCUT2D eigenvalue weighted by Crippen LogP contribution is 2.49. The fraction of sp³-hybridized carbons (Fsp3) is 0.409. The number of carbonyl (C=O) groups is 2. The third-order valence-electron chi connectivity index (χ3n) is 6.67. The van der Waals surface area contributed by atoms with Gasteiger partial charge < -0.3 is 5.32 Å². The summed E-state index contributed by atoms with van der Waals surface area (Å²) in [7, 11) is 0. The second-order valence-electron chi connectivity index (χ2n) is 8.08. The summed E-state index contributed by atoms with van der Waals surface area (Å²) in [5.41, 5.74) is 1.80. The molecule has 1 fully saturated rings. The van der Waals surface area contributed by atoms with Crippen LogP contribution < -0.4 is 10.6 Å². The summed E-state index contributed by atoms with van der Waals surface area (Å²) in [4.78, 5) is 27.5. The molecule has 3 aliphatic rings. The van der Waals surface area contributed by atoms with Gasteiger partial charge in [0.25, 0.3) is 11.8 Å². The van der Waals surface area contributed by atoms with Crippen LogP contribution in [-0.4, -0.2) is 52.7 Å². The van der Waals surface area contributed by atoms with Crippen LogP contribution in [-0.2, 0) is 15.3 Å². The molecule has 2 aromatic rings. The SMILES string of the molecule is CCC1=CC2=C(C(=O)NC2=O)C(C)C1(N1CCNCC1)n1ncc2ccc(F)cc21.Cl. The van der Waals surface area contributed by atoms with E-state index in [1.807, 2.05) is 24.6 Å². The Bertz CT molecular complexity index is 1130. The fourth-order valence-electron chi connectivity index (χ4n) is 5.38. The first kappa shape index (κ1) is 21.7. The molecule has 9 heteroatoms. The van der Waals surface area contributed by atoms with Crippen molar-refractivity contribution in [3.8, 4) is 0 Å². The summed E-state index contributed by atoms with van der Waals surface area (Å²) in [6, 6.07) is 4.64. The van der Waals surface area contributed by atoms with Crippen molar-refractivity contribution < 1.29 is 14.0 Å². The van der Waals surface area contributed by atoms with Crippen LogP contribution in [0, 0.1) is 11.7 Å². The summed E-state index contributed by atoms with van der Waals surface area (Å²) >= 11 is 0. The molecule has 3 heterocycles. The van der Waals surface area contributed by atoms with Crippen LogP contribution in [0.5, 0.6) is 0 Å². The molecule has 1 saturated heterocycles. The summed E-state index contributed by atoms with van der Waals surface area (Å²) in [5, 5.41) is 11.4. The van der Waals surface area contributed by atoms with E-state index in [2.05, 4.69) is 15.5 Å². The van der Waals surface area contributed by atoms with Crippen LogP contribution in [0.3, 0.4) is 0 Å². The Morgan fingerprint density at radius 2 is 1.97 bits per heavy atom. The highest BCUT2D eigenvalue weighted by atomic mass is 35.5. The number of hydrogen-bond acceptors (Lipinski definition) is 5. The fourth-order valence-corrected chi connectivity index (χ4v) is 5.38. The average molecular weight is 446 g/mol. The Kier molecular flexibility index (Phi) is 5.49. The standard InChI is InChI=1S/C22H24FN5O2.ClH/c1-3-15-10-17-19(21(30)26-20(17)29)13(2)22(15,27-8-6-24-7-9-27)28-18-11-16(23)5-4-14(18)12-25-28;/h4-5,10-13,24H,3,6-9H2,1-2H3,(H,26,29,30);1H. The number of rotatable bonds is 3. The van der Waals surface area contributed by atoms with Crippen molar-refractivity contribution in [1.29, 1.82) is 0 Å². The molecular weight excluding hydrogens is 421 g/mol. The van der Waals surface area contributed by atoms with Gasteiger partial charge in [0.1, 0.15) is 11.5 Å². The zero-order valence-electron chi connectivity index (χ0n) is 17.4. The molecule has 2 aliphatic heterocycles. The van der Waals surface area contributed by atoms with Gasteiger partial charge >= 0.3 is 0 Å². The molecule has 0 saturated carbocycles. The molecule has 0 spiro atoms. The van der Waals surface area contributed by atoms with Crippen molar-refractivity contribution in [1.82, 2.24) is 25.3 Å². The van der Waals surface area contributed by atoms with E-state index in [1.54, 1.807) is 12.3 Å². The van der Waals surface area contributed by atoms with Crippen molar-refractivity contribution in [3.05, 3.63) is 53.0 Å². The Labute approximate surface area is 185 Å². The van der Waals surface area contributed by atoms with E-state index in [1.165, 1.54) is 12.1 Å². The zero-order chi connectivity index (χ0) is 21.0. The van der Waals surface area contributed by atoms with E-state index in [4.69, 9.17) is 5.10 Å². The van der Waals surface area contributed by atoms with Crippen molar-refractivity contribution in [3.63, 3.8) is 0 Å². The van der Waals surface area contributed by atoms with Gasteiger partial charge in [0.15, 0.2) is 0 Å². The van der Waals surface area contributed by atoms with Gasteiger partial charge in [-0.15, -0.1) is 12.4 Å². The molecule has 0 bridgehead atoms. The minimum Gasteiger partial charge on any atom is -0.314 e. The van der Waals surface area contributed by atoms with Crippen molar-refractivity contribution >= 4 is 35.1 Å². The summed E-state index contributed by atoms with van der Waals surface area (Å²) < 4.78 is 16.1. The molecule has 2 atom stereocenters. The number of amides is 2. The lowest BCUT2D eigenvalue weighted by Crippen LogP contribution is -2.62. The van der Waals surface area contributed by atoms with Crippen molar-refractivity contribution in [2.75, 3.05) is 26.2 Å². The Morgan fingerprint density at radius 3 is 2.68 bits per heavy atom. The first-order valence-corrected chi connectivity index (χ1v) is 10.4. The molecule has 1 aromatic heterocycles. The van der Waals surface area contributed by atoms with Gasteiger partial charge in [-0.25, -0.2) is 9.07 Å². The Hall–Kier alpha value is -2.55. The zero-order valence-corrected chi connectivity index (χ0v) is 18.3. The molecule has 2 unspecified atom stereocenters. The van der Waals surface area contributed by atoms with E-state index >= 15 is 0 Å². The molecule has 2 N–H and O–H groups in total. The maximum atomic E-state index is 14.2. The van der Waals surface area contributed by atoms with E-state index in [0.717, 1.165) is 37.1 Å². The molecule has 0 radical (unpaired) electrons. The maximum Gasteiger partial charge on any atom is 0.258 e. The van der Waals surface area contributed by atoms with Gasteiger partial charge in [0.05, 0.1) is 11.7 Å². The monoisotopic (exact) mass is 445 g/mol. The summed E-state index contributed by atoms with van der Waals surface area (Å²) in [6.07, 6.45) is 4.26. The van der Waals surface area contributed by atoms with Crippen LogP contribution >= 0.6 is 12.4 Å². The molecule has 7 nitrogen and oxygen atoms in total. The number of fused-ring (bicyclic) bond motifs is 1. The van der Waals surface area contributed by atoms with Crippen LogP contribution in [0.25, 0.3) is 10.9 Å². The number of imide groups is 1. The summed E-state index contributed by atoms with van der Waals surface area (Å²) in [5.74, 6) is -1.38. The van der Waals surface area contributed by atoms with E-state index in [9.17, 15) is 14.0 Å².